The first kappa shape index (κ1) is 14.9. The predicted octanol–water partition coefficient (Wildman–Crippen LogP) is 0.768. The fourth-order valence-electron chi connectivity index (χ4n) is 1.53. The Morgan fingerprint density at radius 1 is 1.42 bits per heavy atom. The van der Waals surface area contributed by atoms with Crippen LogP contribution in [-0.4, -0.2) is 36.4 Å². The van der Waals surface area contributed by atoms with E-state index >= 15 is 0 Å². The van der Waals surface area contributed by atoms with Gasteiger partial charge in [-0.2, -0.15) is 0 Å². The third kappa shape index (κ3) is 4.24. The van der Waals surface area contributed by atoms with Gasteiger partial charge in [0, 0.05) is 19.8 Å². The average Bonchev–Trinajstić information content (AvgIpc) is 2.44. The molecule has 0 aliphatic heterocycles. The second kappa shape index (κ2) is 7.35. The molecule has 19 heavy (non-hydrogen) atoms. The fourth-order valence-corrected chi connectivity index (χ4v) is 1.53. The SMILES string of the molecule is CCCNc1ncccc1C(=O)NC(C)C(=O)NC. The van der Waals surface area contributed by atoms with E-state index in [2.05, 4.69) is 20.9 Å². The average molecular weight is 264 g/mol. The number of nitrogens with zero attached hydrogens (tertiary/aromatic N) is 1. The number of likely N-dealkylation sites (N-methyl/N-ethyl adjacent to an activating group) is 1. The van der Waals surface area contributed by atoms with Gasteiger partial charge in [0.2, 0.25) is 5.91 Å². The molecule has 0 saturated carbocycles. The molecule has 6 heteroatoms. The van der Waals surface area contributed by atoms with Crippen molar-refractivity contribution in [3.8, 4) is 0 Å². The summed E-state index contributed by atoms with van der Waals surface area (Å²) >= 11 is 0. The highest BCUT2D eigenvalue weighted by atomic mass is 16.2. The molecule has 0 aliphatic rings. The van der Waals surface area contributed by atoms with Gasteiger partial charge in [0.1, 0.15) is 11.9 Å². The van der Waals surface area contributed by atoms with E-state index in [1.165, 1.54) is 7.05 Å². The van der Waals surface area contributed by atoms with Crippen molar-refractivity contribution in [3.63, 3.8) is 0 Å². The van der Waals surface area contributed by atoms with Crippen molar-refractivity contribution >= 4 is 17.6 Å². The minimum absolute atomic E-state index is 0.236. The maximum Gasteiger partial charge on any atom is 0.255 e. The van der Waals surface area contributed by atoms with E-state index in [0.29, 0.717) is 11.4 Å². The summed E-state index contributed by atoms with van der Waals surface area (Å²) in [5.74, 6) is -0.0194. The minimum Gasteiger partial charge on any atom is -0.369 e. The first-order chi connectivity index (χ1) is 9.10. The molecular formula is C13H20N4O2. The molecule has 1 aromatic rings. The summed E-state index contributed by atoms with van der Waals surface area (Å²) in [5, 5.41) is 8.21. The third-order valence-corrected chi connectivity index (χ3v) is 2.58. The summed E-state index contributed by atoms with van der Waals surface area (Å²) in [4.78, 5) is 27.6. The first-order valence-corrected chi connectivity index (χ1v) is 6.31. The van der Waals surface area contributed by atoms with Crippen molar-refractivity contribution in [2.45, 2.75) is 26.3 Å². The summed E-state index contributed by atoms with van der Waals surface area (Å²) in [6, 6.07) is 2.78. The number of pyridine rings is 1. The van der Waals surface area contributed by atoms with Gasteiger partial charge < -0.3 is 16.0 Å². The molecule has 3 N–H and O–H groups in total. The molecule has 1 atom stereocenters. The number of nitrogens with one attached hydrogen (secondary N) is 3. The lowest BCUT2D eigenvalue weighted by Gasteiger charge is -2.14. The maximum absolute atomic E-state index is 12.1. The molecule has 0 aliphatic carbocycles. The Hall–Kier alpha value is -2.11. The fraction of sp³-hybridized carbons (Fsp3) is 0.462. The van der Waals surface area contributed by atoms with Gasteiger partial charge >= 0.3 is 0 Å². The van der Waals surface area contributed by atoms with E-state index in [9.17, 15) is 9.59 Å². The molecule has 1 aromatic heterocycles. The molecule has 1 rings (SSSR count). The Morgan fingerprint density at radius 3 is 2.79 bits per heavy atom. The van der Waals surface area contributed by atoms with Gasteiger partial charge in [-0.1, -0.05) is 6.92 Å². The lowest BCUT2D eigenvalue weighted by molar-refractivity contribution is -0.122. The monoisotopic (exact) mass is 264 g/mol. The molecule has 2 amide bonds. The zero-order valence-electron chi connectivity index (χ0n) is 11.5. The number of rotatable bonds is 6. The number of carbonyl (C=O) groups is 2. The molecule has 0 fully saturated rings. The molecular weight excluding hydrogens is 244 g/mol. The van der Waals surface area contributed by atoms with Gasteiger partial charge in [-0.05, 0) is 25.5 Å². The molecule has 0 bridgehead atoms. The van der Waals surface area contributed by atoms with Gasteiger partial charge in [-0.25, -0.2) is 4.98 Å². The van der Waals surface area contributed by atoms with E-state index in [1.807, 2.05) is 6.92 Å². The maximum atomic E-state index is 12.1. The number of amides is 2. The van der Waals surface area contributed by atoms with Crippen molar-refractivity contribution in [2.75, 3.05) is 18.9 Å². The normalized spacial score (nSPS) is 11.5. The molecule has 1 unspecified atom stereocenters. The minimum atomic E-state index is -0.586. The second-order valence-electron chi connectivity index (χ2n) is 4.14. The lowest BCUT2D eigenvalue weighted by atomic mass is 10.2. The predicted molar refractivity (Wildman–Crippen MR) is 74.0 cm³/mol. The Bertz CT molecular complexity index is 448. The zero-order chi connectivity index (χ0) is 14.3. The van der Waals surface area contributed by atoms with Crippen molar-refractivity contribution in [3.05, 3.63) is 23.9 Å². The van der Waals surface area contributed by atoms with Crippen LogP contribution in [0.25, 0.3) is 0 Å². The Morgan fingerprint density at radius 2 is 2.16 bits per heavy atom. The van der Waals surface area contributed by atoms with E-state index < -0.39 is 6.04 Å². The zero-order valence-corrected chi connectivity index (χ0v) is 11.5. The van der Waals surface area contributed by atoms with Gasteiger partial charge in [0.15, 0.2) is 0 Å². The molecule has 1 heterocycles. The van der Waals surface area contributed by atoms with Crippen LogP contribution < -0.4 is 16.0 Å². The van der Waals surface area contributed by atoms with E-state index in [4.69, 9.17) is 0 Å². The van der Waals surface area contributed by atoms with Gasteiger partial charge in [-0.3, -0.25) is 9.59 Å². The van der Waals surface area contributed by atoms with Crippen LogP contribution >= 0.6 is 0 Å². The number of carbonyl (C=O) groups excluding carboxylic acids is 2. The number of aromatic nitrogens is 1. The summed E-state index contributed by atoms with van der Waals surface area (Å²) in [7, 11) is 1.53. The summed E-state index contributed by atoms with van der Waals surface area (Å²) in [5.41, 5.74) is 0.437. The number of anilines is 1. The molecule has 0 spiro atoms. The summed E-state index contributed by atoms with van der Waals surface area (Å²) in [6.45, 7) is 4.40. The van der Waals surface area contributed by atoms with Gasteiger partial charge in [0.25, 0.3) is 5.91 Å². The van der Waals surface area contributed by atoms with Crippen LogP contribution in [0.1, 0.15) is 30.6 Å². The largest absolute Gasteiger partial charge is 0.369 e. The van der Waals surface area contributed by atoms with Gasteiger partial charge in [-0.15, -0.1) is 0 Å². The van der Waals surface area contributed by atoms with Crippen molar-refractivity contribution in [1.29, 1.82) is 0 Å². The van der Waals surface area contributed by atoms with Crippen LogP contribution in [0.15, 0.2) is 18.3 Å². The Kier molecular flexibility index (Phi) is 5.78. The smallest absolute Gasteiger partial charge is 0.255 e. The van der Waals surface area contributed by atoms with Crippen molar-refractivity contribution in [2.24, 2.45) is 0 Å². The highest BCUT2D eigenvalue weighted by Crippen LogP contribution is 2.11. The topological polar surface area (TPSA) is 83.1 Å². The molecule has 0 aromatic carbocycles. The quantitative estimate of drug-likeness (QED) is 0.708. The van der Waals surface area contributed by atoms with Gasteiger partial charge in [0.05, 0.1) is 5.56 Å². The highest BCUT2D eigenvalue weighted by molar-refractivity contribution is 6.00. The van der Waals surface area contributed by atoms with Crippen LogP contribution in [0.4, 0.5) is 5.82 Å². The Labute approximate surface area is 113 Å². The first-order valence-electron chi connectivity index (χ1n) is 6.31. The molecule has 6 nitrogen and oxygen atoms in total. The van der Waals surface area contributed by atoms with Crippen LogP contribution in [0, 0.1) is 0 Å². The number of hydrogen-bond acceptors (Lipinski definition) is 4. The van der Waals surface area contributed by atoms with E-state index in [-0.39, 0.29) is 11.8 Å². The molecule has 0 saturated heterocycles. The second-order valence-corrected chi connectivity index (χ2v) is 4.14. The van der Waals surface area contributed by atoms with Crippen molar-refractivity contribution in [1.82, 2.24) is 15.6 Å². The summed E-state index contributed by atoms with van der Waals surface area (Å²) < 4.78 is 0. The van der Waals surface area contributed by atoms with Crippen LogP contribution in [0.2, 0.25) is 0 Å². The molecule has 104 valence electrons. The number of hydrogen-bond donors (Lipinski definition) is 3. The van der Waals surface area contributed by atoms with Crippen molar-refractivity contribution < 1.29 is 9.59 Å². The standard InChI is InChI=1S/C13H20N4O2/c1-4-7-15-11-10(6-5-8-16-11)13(19)17-9(2)12(18)14-3/h5-6,8-9H,4,7H2,1-3H3,(H,14,18)(H,15,16)(H,17,19). The van der Waals surface area contributed by atoms with Crippen LogP contribution in [0.5, 0.6) is 0 Å². The van der Waals surface area contributed by atoms with Crippen LogP contribution in [0.3, 0.4) is 0 Å². The highest BCUT2D eigenvalue weighted by Gasteiger charge is 2.17. The van der Waals surface area contributed by atoms with E-state index in [0.717, 1.165) is 13.0 Å². The molecule has 0 radical (unpaired) electrons. The van der Waals surface area contributed by atoms with E-state index in [1.54, 1.807) is 25.3 Å². The summed E-state index contributed by atoms with van der Waals surface area (Å²) in [6.07, 6.45) is 2.56. The third-order valence-electron chi connectivity index (χ3n) is 2.58. The Balaban J connectivity index is 2.78. The van der Waals surface area contributed by atoms with Crippen LogP contribution in [-0.2, 0) is 4.79 Å². The lowest BCUT2D eigenvalue weighted by Crippen LogP contribution is -2.43.